The molecule has 1 aromatic rings. The van der Waals surface area contributed by atoms with Crippen molar-refractivity contribution in [3.05, 3.63) is 34.9 Å². The molecular formula is C27H32N4O2. The average molecular weight is 445 g/mol. The predicted octanol–water partition coefficient (Wildman–Crippen LogP) is 6.15. The standard InChI is InChI=1S/C27H32N4O2/c1-19-12-13-20(2)21(15-19)23-25(16-28,17-29)26(18-30)22-11-9-7-5-3-4-6-8-10-14-27(22,32-23)33-24(26)31/h12-13,15,22-23,31H,3-11,14H2,1-2H3. The molecule has 3 fully saturated rings. The number of ether oxygens (including phenoxy) is 2. The molecule has 1 aromatic carbocycles. The maximum Gasteiger partial charge on any atom is 0.217 e. The molecule has 4 unspecified atom stereocenters. The van der Waals surface area contributed by atoms with Gasteiger partial charge in [-0.15, -0.1) is 0 Å². The zero-order valence-corrected chi connectivity index (χ0v) is 19.6. The lowest BCUT2D eigenvalue weighted by atomic mass is 9.52. The number of nitrogens with one attached hydrogen (secondary N) is 1. The van der Waals surface area contributed by atoms with Crippen LogP contribution in [0.5, 0.6) is 0 Å². The Balaban J connectivity index is 1.92. The second-order valence-electron chi connectivity index (χ2n) is 9.97. The summed E-state index contributed by atoms with van der Waals surface area (Å²) in [5, 5.41) is 40.5. The first-order valence-corrected chi connectivity index (χ1v) is 12.2. The molecule has 0 spiro atoms. The largest absolute Gasteiger partial charge is 0.447 e. The summed E-state index contributed by atoms with van der Waals surface area (Å²) in [5.41, 5.74) is -0.946. The minimum Gasteiger partial charge on any atom is -0.447 e. The second-order valence-corrected chi connectivity index (χ2v) is 9.97. The molecule has 2 bridgehead atoms. The normalized spacial score (nSPS) is 33.7. The van der Waals surface area contributed by atoms with E-state index in [1.165, 1.54) is 12.8 Å². The van der Waals surface area contributed by atoms with Crippen molar-refractivity contribution in [2.24, 2.45) is 16.7 Å². The number of nitrogens with zero attached hydrogens (tertiary/aromatic N) is 3. The van der Waals surface area contributed by atoms with Gasteiger partial charge in [0, 0.05) is 6.42 Å². The fraction of sp³-hybridized carbons (Fsp3) is 0.630. The Morgan fingerprint density at radius 1 is 0.909 bits per heavy atom. The van der Waals surface area contributed by atoms with E-state index < -0.39 is 28.6 Å². The fourth-order valence-corrected chi connectivity index (χ4v) is 6.24. The molecule has 172 valence electrons. The quantitative estimate of drug-likeness (QED) is 0.558. The number of benzene rings is 1. The van der Waals surface area contributed by atoms with E-state index in [0.29, 0.717) is 12.8 Å². The van der Waals surface area contributed by atoms with E-state index in [9.17, 15) is 15.8 Å². The van der Waals surface area contributed by atoms with Crippen LogP contribution < -0.4 is 0 Å². The number of hydrogen-bond acceptors (Lipinski definition) is 6. The SMILES string of the molecule is Cc1ccc(C)c(C2OC34CCCCCCCCCCC3C(C#N)(C(=N)O4)C2(C#N)C#N)c1. The van der Waals surface area contributed by atoms with Crippen LogP contribution in [0.15, 0.2) is 18.2 Å². The van der Waals surface area contributed by atoms with E-state index in [1.54, 1.807) is 0 Å². The zero-order valence-electron chi connectivity index (χ0n) is 19.6. The summed E-state index contributed by atoms with van der Waals surface area (Å²) in [6.45, 7) is 3.88. The number of aryl methyl sites for hydroxylation is 2. The Labute approximate surface area is 196 Å². The van der Waals surface area contributed by atoms with Crippen molar-refractivity contribution in [3.8, 4) is 18.2 Å². The summed E-state index contributed by atoms with van der Waals surface area (Å²) < 4.78 is 12.9. The molecule has 3 aliphatic rings. The first-order valence-electron chi connectivity index (χ1n) is 12.2. The molecule has 0 amide bonds. The highest BCUT2D eigenvalue weighted by Gasteiger charge is 2.79. The number of hydrogen-bond donors (Lipinski definition) is 1. The molecule has 0 radical (unpaired) electrons. The maximum atomic E-state index is 10.6. The Morgan fingerprint density at radius 2 is 1.55 bits per heavy atom. The Bertz CT molecular complexity index is 1050. The van der Waals surface area contributed by atoms with Gasteiger partial charge in [-0.25, -0.2) is 0 Å². The van der Waals surface area contributed by atoms with Crippen LogP contribution in [0.25, 0.3) is 0 Å². The zero-order chi connectivity index (χ0) is 23.7. The van der Waals surface area contributed by atoms with Crippen LogP contribution in [0.1, 0.15) is 87.0 Å². The summed E-state index contributed by atoms with van der Waals surface area (Å²) in [7, 11) is 0. The van der Waals surface area contributed by atoms with E-state index in [1.807, 2.05) is 32.0 Å². The molecule has 2 heterocycles. The van der Waals surface area contributed by atoms with Crippen molar-refractivity contribution >= 4 is 5.90 Å². The third-order valence-corrected chi connectivity index (χ3v) is 8.03. The Morgan fingerprint density at radius 3 is 2.18 bits per heavy atom. The van der Waals surface area contributed by atoms with Gasteiger partial charge in [-0.05, 0) is 37.8 Å². The van der Waals surface area contributed by atoms with Gasteiger partial charge in [0.1, 0.15) is 6.10 Å². The minimum absolute atomic E-state index is 0.277. The molecule has 1 N–H and O–H groups in total. The molecule has 33 heavy (non-hydrogen) atoms. The van der Waals surface area contributed by atoms with Crippen LogP contribution in [0.4, 0.5) is 0 Å². The molecule has 1 aliphatic carbocycles. The van der Waals surface area contributed by atoms with Crippen LogP contribution >= 0.6 is 0 Å². The smallest absolute Gasteiger partial charge is 0.217 e. The van der Waals surface area contributed by atoms with E-state index in [2.05, 4.69) is 18.2 Å². The van der Waals surface area contributed by atoms with Crippen molar-refractivity contribution < 1.29 is 9.47 Å². The monoisotopic (exact) mass is 444 g/mol. The van der Waals surface area contributed by atoms with Crippen LogP contribution in [-0.4, -0.2) is 11.7 Å². The molecule has 6 heteroatoms. The summed E-state index contributed by atoms with van der Waals surface area (Å²) in [6, 6.07) is 12.6. The van der Waals surface area contributed by atoms with Crippen molar-refractivity contribution in [1.82, 2.24) is 0 Å². The summed E-state index contributed by atoms with van der Waals surface area (Å²) in [4.78, 5) is 0. The second kappa shape index (κ2) is 8.81. The van der Waals surface area contributed by atoms with E-state index in [-0.39, 0.29) is 5.90 Å². The molecular weight excluding hydrogens is 412 g/mol. The van der Waals surface area contributed by atoms with Crippen molar-refractivity contribution in [3.63, 3.8) is 0 Å². The van der Waals surface area contributed by atoms with Crippen LogP contribution in [0.3, 0.4) is 0 Å². The summed E-state index contributed by atoms with van der Waals surface area (Å²) in [6.07, 6.45) is 8.64. The highest BCUT2D eigenvalue weighted by molar-refractivity contribution is 5.89. The van der Waals surface area contributed by atoms with Gasteiger partial charge in [0.2, 0.25) is 17.1 Å². The van der Waals surface area contributed by atoms with Gasteiger partial charge in [0.25, 0.3) is 0 Å². The van der Waals surface area contributed by atoms with Crippen molar-refractivity contribution in [1.29, 1.82) is 21.2 Å². The van der Waals surface area contributed by atoms with Gasteiger partial charge in [-0.2, -0.15) is 15.8 Å². The van der Waals surface area contributed by atoms with Gasteiger partial charge in [0.15, 0.2) is 5.41 Å². The molecule has 2 aliphatic heterocycles. The summed E-state index contributed by atoms with van der Waals surface area (Å²) >= 11 is 0. The topological polar surface area (TPSA) is 114 Å². The Kier molecular flexibility index (Phi) is 6.22. The lowest BCUT2D eigenvalue weighted by molar-refractivity contribution is -0.288. The lowest BCUT2D eigenvalue weighted by Crippen LogP contribution is -2.59. The van der Waals surface area contributed by atoms with Crippen LogP contribution in [0, 0.1) is 70.0 Å². The van der Waals surface area contributed by atoms with Gasteiger partial charge in [-0.1, -0.05) is 68.7 Å². The number of nitriles is 3. The van der Waals surface area contributed by atoms with Gasteiger partial charge >= 0.3 is 0 Å². The summed E-state index contributed by atoms with van der Waals surface area (Å²) in [5.74, 6) is -1.97. The van der Waals surface area contributed by atoms with E-state index in [4.69, 9.17) is 14.9 Å². The van der Waals surface area contributed by atoms with Crippen LogP contribution in [0.2, 0.25) is 0 Å². The predicted molar refractivity (Wildman–Crippen MR) is 123 cm³/mol. The Hall–Kier alpha value is -2.88. The molecule has 4 atom stereocenters. The molecule has 6 nitrogen and oxygen atoms in total. The van der Waals surface area contributed by atoms with Crippen molar-refractivity contribution in [2.75, 3.05) is 0 Å². The van der Waals surface area contributed by atoms with E-state index >= 15 is 0 Å². The molecule has 2 saturated heterocycles. The molecule has 4 rings (SSSR count). The third-order valence-electron chi connectivity index (χ3n) is 8.03. The first kappa shape index (κ1) is 23.3. The molecule has 0 aromatic heterocycles. The van der Waals surface area contributed by atoms with Gasteiger partial charge < -0.3 is 9.47 Å². The van der Waals surface area contributed by atoms with Gasteiger partial charge in [-0.3, -0.25) is 5.41 Å². The van der Waals surface area contributed by atoms with Crippen molar-refractivity contribution in [2.45, 2.75) is 89.9 Å². The maximum absolute atomic E-state index is 10.6. The first-order chi connectivity index (χ1) is 15.9. The van der Waals surface area contributed by atoms with E-state index in [0.717, 1.165) is 55.2 Å². The highest BCUT2D eigenvalue weighted by Crippen LogP contribution is 2.68. The average Bonchev–Trinajstić information content (AvgIpc) is 2.98. The highest BCUT2D eigenvalue weighted by atomic mass is 16.7. The minimum atomic E-state index is -1.88. The number of rotatable bonds is 1. The third kappa shape index (κ3) is 3.34. The van der Waals surface area contributed by atoms with Gasteiger partial charge in [0.05, 0.1) is 24.1 Å². The lowest BCUT2D eigenvalue weighted by Gasteiger charge is -2.50. The molecule has 1 saturated carbocycles. The fourth-order valence-electron chi connectivity index (χ4n) is 6.24. The van der Waals surface area contributed by atoms with Crippen LogP contribution in [-0.2, 0) is 9.47 Å².